The van der Waals surface area contributed by atoms with Crippen LogP contribution in [0.5, 0.6) is 0 Å². The van der Waals surface area contributed by atoms with E-state index in [4.69, 9.17) is 0 Å². The summed E-state index contributed by atoms with van der Waals surface area (Å²) in [5, 5.41) is 3.69. The summed E-state index contributed by atoms with van der Waals surface area (Å²) in [5.41, 5.74) is 0.402. The van der Waals surface area contributed by atoms with E-state index in [1.165, 1.54) is 51.7 Å². The first-order valence-electron chi connectivity index (χ1n) is 7.08. The van der Waals surface area contributed by atoms with Crippen LogP contribution in [0, 0.1) is 5.92 Å². The Morgan fingerprint density at radius 1 is 1.38 bits per heavy atom. The Kier molecular flexibility index (Phi) is 3.91. The van der Waals surface area contributed by atoms with Crippen molar-refractivity contribution < 1.29 is 0 Å². The highest BCUT2D eigenvalue weighted by atomic mass is 15.2. The largest absolute Gasteiger partial charge is 0.310 e. The maximum absolute atomic E-state index is 3.69. The smallest absolute Gasteiger partial charge is 0.0281 e. The van der Waals surface area contributed by atoms with Gasteiger partial charge in [-0.2, -0.15) is 0 Å². The topological polar surface area (TPSA) is 15.3 Å². The Bertz CT molecular complexity index is 215. The molecule has 0 spiro atoms. The van der Waals surface area contributed by atoms with Crippen molar-refractivity contribution in [2.45, 2.75) is 64.5 Å². The fourth-order valence-electron chi connectivity index (χ4n) is 2.79. The Balaban J connectivity index is 1.82. The van der Waals surface area contributed by atoms with Crippen molar-refractivity contribution in [3.8, 4) is 0 Å². The lowest BCUT2D eigenvalue weighted by atomic mass is 9.99. The number of hydrogen-bond donors (Lipinski definition) is 1. The zero-order valence-electron chi connectivity index (χ0n) is 11.3. The van der Waals surface area contributed by atoms with Gasteiger partial charge in [-0.3, -0.25) is 4.90 Å². The highest BCUT2D eigenvalue weighted by molar-refractivity contribution is 4.95. The number of hydrogen-bond acceptors (Lipinski definition) is 2. The van der Waals surface area contributed by atoms with Crippen molar-refractivity contribution in [2.75, 3.05) is 19.6 Å². The summed E-state index contributed by atoms with van der Waals surface area (Å²) in [5.74, 6) is 0.839. The predicted molar refractivity (Wildman–Crippen MR) is 69.7 cm³/mol. The van der Waals surface area contributed by atoms with Crippen LogP contribution in [-0.2, 0) is 0 Å². The molecule has 2 nitrogen and oxygen atoms in total. The molecule has 2 rings (SSSR count). The molecule has 2 aliphatic rings. The average Bonchev–Trinajstić information content (AvgIpc) is 2.97. The van der Waals surface area contributed by atoms with E-state index in [9.17, 15) is 0 Å². The normalized spacial score (nSPS) is 30.6. The van der Waals surface area contributed by atoms with E-state index in [1.807, 2.05) is 0 Å². The van der Waals surface area contributed by atoms with Gasteiger partial charge in [-0.05, 0) is 58.0 Å². The first-order chi connectivity index (χ1) is 7.59. The molecule has 94 valence electrons. The van der Waals surface area contributed by atoms with Crippen LogP contribution in [0.2, 0.25) is 0 Å². The van der Waals surface area contributed by atoms with Crippen molar-refractivity contribution in [3.05, 3.63) is 0 Å². The third-order valence-corrected chi connectivity index (χ3v) is 4.07. The molecule has 1 atom stereocenters. The van der Waals surface area contributed by atoms with E-state index in [0.29, 0.717) is 5.54 Å². The maximum atomic E-state index is 3.69. The van der Waals surface area contributed by atoms with Crippen LogP contribution in [0.4, 0.5) is 0 Å². The van der Waals surface area contributed by atoms with E-state index in [2.05, 4.69) is 31.0 Å². The highest BCUT2D eigenvalue weighted by Gasteiger charge is 2.36. The van der Waals surface area contributed by atoms with Crippen molar-refractivity contribution in [1.29, 1.82) is 0 Å². The Morgan fingerprint density at radius 3 is 2.62 bits per heavy atom. The molecule has 0 radical (unpaired) electrons. The molecule has 1 saturated carbocycles. The van der Waals surface area contributed by atoms with E-state index in [0.717, 1.165) is 12.0 Å². The third-order valence-electron chi connectivity index (χ3n) is 4.07. The zero-order chi connectivity index (χ0) is 11.6. The van der Waals surface area contributed by atoms with Crippen LogP contribution in [0.15, 0.2) is 0 Å². The molecule has 16 heavy (non-hydrogen) atoms. The summed E-state index contributed by atoms with van der Waals surface area (Å²) in [6.45, 7) is 10.9. The lowest BCUT2D eigenvalue weighted by Crippen LogP contribution is -2.48. The first kappa shape index (κ1) is 12.4. The van der Waals surface area contributed by atoms with E-state index >= 15 is 0 Å². The molecule has 0 aromatic heterocycles. The summed E-state index contributed by atoms with van der Waals surface area (Å²) in [6, 6.07) is 0.915. The minimum absolute atomic E-state index is 0.402. The molecule has 1 saturated heterocycles. The summed E-state index contributed by atoms with van der Waals surface area (Å²) in [4.78, 5) is 2.75. The van der Waals surface area contributed by atoms with Crippen molar-refractivity contribution >= 4 is 0 Å². The van der Waals surface area contributed by atoms with Gasteiger partial charge in [0.05, 0.1) is 0 Å². The summed E-state index contributed by atoms with van der Waals surface area (Å²) in [7, 11) is 0. The van der Waals surface area contributed by atoms with Crippen LogP contribution >= 0.6 is 0 Å². The molecular weight excluding hydrogens is 196 g/mol. The standard InChI is InChI=1S/C14H28N2/c1-12(2)7-10-16(13-5-6-13)11-14(3)8-4-9-15-14/h12-13,15H,4-11H2,1-3H3. The Labute approximate surface area is 101 Å². The second-order valence-corrected chi connectivity index (χ2v) is 6.48. The zero-order valence-corrected chi connectivity index (χ0v) is 11.3. The van der Waals surface area contributed by atoms with Gasteiger partial charge in [0.15, 0.2) is 0 Å². The third kappa shape index (κ3) is 3.46. The summed E-state index contributed by atoms with van der Waals surface area (Å²) in [6.07, 6.45) is 6.95. The number of nitrogens with zero attached hydrogens (tertiary/aromatic N) is 1. The second-order valence-electron chi connectivity index (χ2n) is 6.48. The van der Waals surface area contributed by atoms with Crippen LogP contribution < -0.4 is 5.32 Å². The van der Waals surface area contributed by atoms with E-state index in [-0.39, 0.29) is 0 Å². The highest BCUT2D eigenvalue weighted by Crippen LogP contribution is 2.30. The fourth-order valence-corrected chi connectivity index (χ4v) is 2.79. The lowest BCUT2D eigenvalue weighted by Gasteiger charge is -2.33. The summed E-state index contributed by atoms with van der Waals surface area (Å²) >= 11 is 0. The molecule has 0 aromatic carbocycles. The predicted octanol–water partition coefficient (Wildman–Crippen LogP) is 2.64. The molecular formula is C14H28N2. The van der Waals surface area contributed by atoms with E-state index in [1.54, 1.807) is 0 Å². The fraction of sp³-hybridized carbons (Fsp3) is 1.00. The SMILES string of the molecule is CC(C)CCN(CC1(C)CCCN1)C1CC1. The van der Waals surface area contributed by atoms with Gasteiger partial charge in [-0.25, -0.2) is 0 Å². The molecule has 0 amide bonds. The minimum Gasteiger partial charge on any atom is -0.310 e. The quantitative estimate of drug-likeness (QED) is 0.746. The van der Waals surface area contributed by atoms with Crippen LogP contribution in [0.25, 0.3) is 0 Å². The molecule has 0 bridgehead atoms. The molecule has 1 aliphatic carbocycles. The van der Waals surface area contributed by atoms with Gasteiger partial charge in [-0.1, -0.05) is 13.8 Å². The van der Waals surface area contributed by atoms with Crippen molar-refractivity contribution in [2.24, 2.45) is 5.92 Å². The van der Waals surface area contributed by atoms with Gasteiger partial charge in [-0.15, -0.1) is 0 Å². The molecule has 0 aromatic rings. The van der Waals surface area contributed by atoms with Crippen molar-refractivity contribution in [3.63, 3.8) is 0 Å². The van der Waals surface area contributed by atoms with Gasteiger partial charge in [0, 0.05) is 18.1 Å². The van der Waals surface area contributed by atoms with Gasteiger partial charge in [0.25, 0.3) is 0 Å². The average molecular weight is 224 g/mol. The van der Waals surface area contributed by atoms with Gasteiger partial charge < -0.3 is 5.32 Å². The van der Waals surface area contributed by atoms with Crippen LogP contribution in [-0.4, -0.2) is 36.1 Å². The molecule has 2 heteroatoms. The van der Waals surface area contributed by atoms with Gasteiger partial charge in [0.2, 0.25) is 0 Å². The summed E-state index contributed by atoms with van der Waals surface area (Å²) < 4.78 is 0. The Hall–Kier alpha value is -0.0800. The molecule has 1 unspecified atom stereocenters. The van der Waals surface area contributed by atoms with E-state index < -0.39 is 0 Å². The second kappa shape index (κ2) is 5.05. The first-order valence-corrected chi connectivity index (χ1v) is 7.08. The number of nitrogens with one attached hydrogen (secondary N) is 1. The monoisotopic (exact) mass is 224 g/mol. The van der Waals surface area contributed by atoms with Crippen LogP contribution in [0.3, 0.4) is 0 Å². The van der Waals surface area contributed by atoms with Gasteiger partial charge >= 0.3 is 0 Å². The van der Waals surface area contributed by atoms with Gasteiger partial charge in [0.1, 0.15) is 0 Å². The van der Waals surface area contributed by atoms with Crippen molar-refractivity contribution in [1.82, 2.24) is 10.2 Å². The molecule has 1 aliphatic heterocycles. The van der Waals surface area contributed by atoms with Crippen LogP contribution in [0.1, 0.15) is 52.9 Å². The number of rotatable bonds is 6. The molecule has 1 N–H and O–H groups in total. The lowest BCUT2D eigenvalue weighted by molar-refractivity contribution is 0.186. The molecule has 2 fully saturated rings. The minimum atomic E-state index is 0.402. The Morgan fingerprint density at radius 2 is 2.12 bits per heavy atom. The maximum Gasteiger partial charge on any atom is 0.0281 e. The molecule has 1 heterocycles.